The van der Waals surface area contributed by atoms with Crippen molar-refractivity contribution < 1.29 is 17.9 Å². The van der Waals surface area contributed by atoms with Gasteiger partial charge >= 0.3 is 0 Å². The maximum absolute atomic E-state index is 12.4. The molecule has 1 aromatic rings. The van der Waals surface area contributed by atoms with Crippen LogP contribution >= 0.6 is 11.6 Å². The molecular formula is C15H22ClN3O4S. The zero-order valence-corrected chi connectivity index (χ0v) is 15.5. The number of carbonyl (C=O) groups is 1. The Morgan fingerprint density at radius 1 is 1.33 bits per heavy atom. The van der Waals surface area contributed by atoms with E-state index in [1.165, 1.54) is 26.2 Å². The van der Waals surface area contributed by atoms with E-state index in [-0.39, 0.29) is 21.9 Å². The summed E-state index contributed by atoms with van der Waals surface area (Å²) in [6, 6.07) is 4.09. The fraction of sp³-hybridized carbons (Fsp3) is 0.533. The first-order valence-corrected chi connectivity index (χ1v) is 9.40. The number of carbonyl (C=O) groups excluding carboxylic acids is 1. The van der Waals surface area contributed by atoms with Crippen LogP contribution in [0.25, 0.3) is 0 Å². The molecule has 0 unspecified atom stereocenters. The number of hydrogen-bond donors (Lipinski definition) is 1. The first-order valence-electron chi connectivity index (χ1n) is 7.58. The topological polar surface area (TPSA) is 79.0 Å². The number of anilines is 1. The van der Waals surface area contributed by atoms with E-state index in [4.69, 9.17) is 16.3 Å². The van der Waals surface area contributed by atoms with Crippen molar-refractivity contribution in [3.63, 3.8) is 0 Å². The summed E-state index contributed by atoms with van der Waals surface area (Å²) in [6.07, 6.45) is 0. The lowest BCUT2D eigenvalue weighted by atomic mass is 10.2. The van der Waals surface area contributed by atoms with Gasteiger partial charge in [-0.25, -0.2) is 12.7 Å². The van der Waals surface area contributed by atoms with Gasteiger partial charge in [0.2, 0.25) is 15.9 Å². The van der Waals surface area contributed by atoms with Crippen LogP contribution in [0.5, 0.6) is 0 Å². The molecule has 24 heavy (non-hydrogen) atoms. The van der Waals surface area contributed by atoms with Crippen LogP contribution in [0.4, 0.5) is 5.69 Å². The predicted molar refractivity (Wildman–Crippen MR) is 92.8 cm³/mol. The van der Waals surface area contributed by atoms with Gasteiger partial charge in [0, 0.05) is 32.9 Å². The van der Waals surface area contributed by atoms with Gasteiger partial charge in [-0.15, -0.1) is 0 Å². The first-order chi connectivity index (χ1) is 11.2. The molecule has 0 radical (unpaired) electrons. The van der Waals surface area contributed by atoms with Crippen molar-refractivity contribution in [1.29, 1.82) is 0 Å². The molecule has 1 aliphatic rings. The molecule has 0 aromatic heterocycles. The van der Waals surface area contributed by atoms with Gasteiger partial charge < -0.3 is 10.1 Å². The van der Waals surface area contributed by atoms with Gasteiger partial charge in [0.05, 0.1) is 24.3 Å². The minimum atomic E-state index is -3.68. The molecule has 1 heterocycles. The summed E-state index contributed by atoms with van der Waals surface area (Å²) in [5, 5.41) is 2.87. The van der Waals surface area contributed by atoms with E-state index in [0.29, 0.717) is 32.0 Å². The number of ether oxygens (including phenoxy) is 1. The van der Waals surface area contributed by atoms with Crippen LogP contribution in [0.3, 0.4) is 0 Å². The van der Waals surface area contributed by atoms with E-state index in [2.05, 4.69) is 5.32 Å². The van der Waals surface area contributed by atoms with Gasteiger partial charge in [-0.3, -0.25) is 9.69 Å². The third-order valence-corrected chi connectivity index (χ3v) is 6.23. The number of morpholine rings is 1. The molecule has 0 spiro atoms. The summed E-state index contributed by atoms with van der Waals surface area (Å²) in [4.78, 5) is 14.4. The highest BCUT2D eigenvalue weighted by Gasteiger charge is 2.25. The maximum Gasteiger partial charge on any atom is 0.244 e. The Kier molecular flexibility index (Phi) is 6.22. The normalized spacial score (nSPS) is 17.7. The molecular weight excluding hydrogens is 354 g/mol. The molecule has 1 saturated heterocycles. The highest BCUT2D eigenvalue weighted by atomic mass is 35.5. The molecule has 7 nitrogen and oxygen atoms in total. The molecule has 1 fully saturated rings. The van der Waals surface area contributed by atoms with Crippen LogP contribution in [0.1, 0.15) is 6.92 Å². The molecule has 2 rings (SSSR count). The lowest BCUT2D eigenvalue weighted by molar-refractivity contribution is -0.122. The van der Waals surface area contributed by atoms with Crippen LogP contribution in [0, 0.1) is 0 Å². The van der Waals surface area contributed by atoms with Crippen molar-refractivity contribution >= 4 is 33.2 Å². The molecule has 0 saturated carbocycles. The van der Waals surface area contributed by atoms with Crippen LogP contribution in [0.15, 0.2) is 23.1 Å². The van der Waals surface area contributed by atoms with Gasteiger partial charge in [0.25, 0.3) is 0 Å². The number of nitrogens with one attached hydrogen (secondary N) is 1. The summed E-state index contributed by atoms with van der Waals surface area (Å²) >= 11 is 6.00. The average Bonchev–Trinajstić information content (AvgIpc) is 2.56. The quantitative estimate of drug-likeness (QED) is 0.837. The monoisotopic (exact) mass is 375 g/mol. The third kappa shape index (κ3) is 4.25. The fourth-order valence-electron chi connectivity index (χ4n) is 2.35. The van der Waals surface area contributed by atoms with Gasteiger partial charge in [0.1, 0.15) is 4.90 Å². The summed E-state index contributed by atoms with van der Waals surface area (Å²) in [5.41, 5.74) is 0.393. The van der Waals surface area contributed by atoms with Crippen LogP contribution in [0.2, 0.25) is 5.02 Å². The van der Waals surface area contributed by atoms with Gasteiger partial charge in [-0.05, 0) is 25.1 Å². The molecule has 1 amide bonds. The number of halogens is 1. The second-order valence-corrected chi connectivity index (χ2v) is 8.27. The zero-order valence-electron chi connectivity index (χ0n) is 14.0. The van der Waals surface area contributed by atoms with E-state index in [1.54, 1.807) is 6.07 Å². The van der Waals surface area contributed by atoms with E-state index < -0.39 is 10.0 Å². The lowest BCUT2D eigenvalue weighted by Crippen LogP contribution is -2.47. The highest BCUT2D eigenvalue weighted by Crippen LogP contribution is 2.27. The SMILES string of the molecule is C[C@H](C(=O)Nc1ccc(Cl)c(S(=O)(=O)N(C)C)c1)N1CCOCC1. The second kappa shape index (κ2) is 7.79. The van der Waals surface area contributed by atoms with Crippen molar-refractivity contribution in [2.45, 2.75) is 17.9 Å². The number of benzene rings is 1. The smallest absolute Gasteiger partial charge is 0.244 e. The maximum atomic E-state index is 12.4. The van der Waals surface area contributed by atoms with Gasteiger partial charge in [-0.2, -0.15) is 0 Å². The molecule has 1 aliphatic heterocycles. The molecule has 9 heteroatoms. The lowest BCUT2D eigenvalue weighted by Gasteiger charge is -2.31. The minimum absolute atomic E-state index is 0.0361. The highest BCUT2D eigenvalue weighted by molar-refractivity contribution is 7.89. The van der Waals surface area contributed by atoms with E-state index in [1.807, 2.05) is 11.8 Å². The summed E-state index contributed by atoms with van der Waals surface area (Å²) in [5.74, 6) is -0.201. The number of amides is 1. The first kappa shape index (κ1) is 19.1. The Hall–Kier alpha value is -1.19. The number of sulfonamides is 1. The van der Waals surface area contributed by atoms with E-state index in [9.17, 15) is 13.2 Å². The zero-order chi connectivity index (χ0) is 17.9. The van der Waals surface area contributed by atoms with Crippen molar-refractivity contribution in [3.8, 4) is 0 Å². The Labute approximate surface area is 147 Å². The molecule has 134 valence electrons. The molecule has 0 aliphatic carbocycles. The number of hydrogen-bond acceptors (Lipinski definition) is 5. The van der Waals surface area contributed by atoms with Gasteiger partial charge in [-0.1, -0.05) is 11.6 Å². The van der Waals surface area contributed by atoms with Crippen LogP contribution in [-0.2, 0) is 19.6 Å². The fourth-order valence-corrected chi connectivity index (χ4v) is 3.75. The molecule has 1 N–H and O–H groups in total. The third-order valence-electron chi connectivity index (χ3n) is 3.93. The Morgan fingerprint density at radius 3 is 2.54 bits per heavy atom. The van der Waals surface area contributed by atoms with E-state index in [0.717, 1.165) is 4.31 Å². The Morgan fingerprint density at radius 2 is 1.96 bits per heavy atom. The summed E-state index contributed by atoms with van der Waals surface area (Å²) in [6.45, 7) is 4.40. The van der Waals surface area contributed by atoms with Crippen molar-refractivity contribution in [3.05, 3.63) is 23.2 Å². The number of rotatable bonds is 5. The molecule has 1 atom stereocenters. The summed E-state index contributed by atoms with van der Waals surface area (Å²) < 4.78 is 30.9. The summed E-state index contributed by atoms with van der Waals surface area (Å²) in [7, 11) is -0.827. The number of nitrogens with zero attached hydrogens (tertiary/aromatic N) is 2. The van der Waals surface area contributed by atoms with Crippen molar-refractivity contribution in [1.82, 2.24) is 9.21 Å². The van der Waals surface area contributed by atoms with Gasteiger partial charge in [0.15, 0.2) is 0 Å². The van der Waals surface area contributed by atoms with Crippen molar-refractivity contribution in [2.24, 2.45) is 0 Å². The van der Waals surface area contributed by atoms with Crippen LogP contribution in [-0.4, -0.2) is 70.0 Å². The van der Waals surface area contributed by atoms with E-state index >= 15 is 0 Å². The second-order valence-electron chi connectivity index (χ2n) is 5.75. The standard InChI is InChI=1S/C15H22ClN3O4S/c1-11(19-6-8-23-9-7-19)15(20)17-12-4-5-13(16)14(10-12)24(21,22)18(2)3/h4-5,10-11H,6-9H2,1-3H3,(H,17,20)/t11-/m1/s1. The largest absolute Gasteiger partial charge is 0.379 e. The Bertz CT molecular complexity index is 703. The Balaban J connectivity index is 2.17. The van der Waals surface area contributed by atoms with Crippen LogP contribution < -0.4 is 5.32 Å². The van der Waals surface area contributed by atoms with Crippen molar-refractivity contribution in [2.75, 3.05) is 45.7 Å². The minimum Gasteiger partial charge on any atom is -0.379 e. The molecule has 0 bridgehead atoms. The average molecular weight is 376 g/mol. The molecule has 1 aromatic carbocycles. The predicted octanol–water partition coefficient (Wildman–Crippen LogP) is 1.25.